The van der Waals surface area contributed by atoms with Crippen molar-refractivity contribution in [2.45, 2.75) is 14.9 Å². The zero-order valence-corrected chi connectivity index (χ0v) is 47.0. The largest absolute Gasteiger partial charge is 0.457 e. The van der Waals surface area contributed by atoms with Gasteiger partial charge in [0.1, 0.15) is 46.0 Å². The van der Waals surface area contributed by atoms with Gasteiger partial charge < -0.3 is 47.0 Å². The SMILES string of the molecule is C.C.O=C1OC(=O)c2cc(Oc3ccc(Oc4ccc5c(c4)C(=O)OC5=O)c(P(=O)(c4ccccc4)c4ccccc4)c3)ccc21.O=C1OC(=O)c2cc(Oc3ccc(P(=O)(c4ccccc4)c4ccc(Oc5ccc6c(c5)C(=O)OC6=O)cc4)cc3)ccc21. The molecule has 0 radical (unpaired) electrons. The summed E-state index contributed by atoms with van der Waals surface area (Å²) in [7, 11) is -6.96. The smallest absolute Gasteiger partial charge is 0.347 e. The van der Waals surface area contributed by atoms with E-state index in [1.54, 1.807) is 127 Å². The number of esters is 8. The molecule has 0 saturated carbocycles. The Hall–Kier alpha value is -11.6. The fourth-order valence-corrected chi connectivity index (χ4v) is 15.6. The van der Waals surface area contributed by atoms with Crippen LogP contribution in [0.5, 0.6) is 46.0 Å². The monoisotopic (exact) mass is 1240 g/mol. The Kier molecular flexibility index (Phi) is 16.2. The average molecular weight is 1240 g/mol. The van der Waals surface area contributed by atoms with Crippen molar-refractivity contribution in [2.24, 2.45) is 0 Å². The number of ether oxygens (including phenoxy) is 8. The third-order valence-corrected chi connectivity index (χ3v) is 20.6. The van der Waals surface area contributed by atoms with E-state index in [4.69, 9.17) is 23.7 Å². The van der Waals surface area contributed by atoms with Crippen molar-refractivity contribution in [3.8, 4) is 46.0 Å². The molecular formula is C70H46O18P2. The highest BCUT2D eigenvalue weighted by Crippen LogP contribution is 2.48. The zero-order valence-electron chi connectivity index (χ0n) is 45.2. The van der Waals surface area contributed by atoms with Gasteiger partial charge in [-0.2, -0.15) is 0 Å². The lowest BCUT2D eigenvalue weighted by molar-refractivity contribution is 0.0425. The maximum atomic E-state index is 15.4. The number of hydrogen-bond acceptors (Lipinski definition) is 18. The molecule has 0 atom stereocenters. The van der Waals surface area contributed by atoms with E-state index in [0.717, 1.165) is 0 Å². The highest BCUT2D eigenvalue weighted by molar-refractivity contribution is 7.85. The Morgan fingerprint density at radius 1 is 0.233 bits per heavy atom. The topological polar surface area (TPSA) is 245 Å². The molecule has 0 saturated heterocycles. The number of rotatable bonds is 14. The number of carbonyl (C=O) groups excluding carboxylic acids is 8. The minimum absolute atomic E-state index is 0. The van der Waals surface area contributed by atoms with E-state index in [1.165, 1.54) is 60.7 Å². The second kappa shape index (κ2) is 24.3. The number of benzene rings is 10. The van der Waals surface area contributed by atoms with Gasteiger partial charge in [0, 0.05) is 26.5 Å². The van der Waals surface area contributed by atoms with E-state index in [2.05, 4.69) is 14.2 Å². The summed E-state index contributed by atoms with van der Waals surface area (Å²) < 4.78 is 73.1. The molecule has 0 bridgehead atoms. The fraction of sp³-hybridized carbons (Fsp3) is 0.0286. The van der Waals surface area contributed by atoms with Gasteiger partial charge in [-0.15, -0.1) is 0 Å². The summed E-state index contributed by atoms with van der Waals surface area (Å²) in [5.41, 5.74) is 1.07. The van der Waals surface area contributed by atoms with Crippen LogP contribution in [0.25, 0.3) is 0 Å². The lowest BCUT2D eigenvalue weighted by Gasteiger charge is -2.23. The average Bonchev–Trinajstić information content (AvgIpc) is 1.31. The quantitative estimate of drug-likeness (QED) is 0.0425. The lowest BCUT2D eigenvalue weighted by Crippen LogP contribution is -2.26. The number of carbonyl (C=O) groups is 8. The molecule has 18 nitrogen and oxygen atoms in total. The van der Waals surface area contributed by atoms with E-state index in [1.807, 2.05) is 42.5 Å². The molecule has 0 aromatic heterocycles. The minimum atomic E-state index is -3.62. The van der Waals surface area contributed by atoms with Crippen molar-refractivity contribution in [3.05, 3.63) is 275 Å². The van der Waals surface area contributed by atoms with Crippen LogP contribution in [-0.4, -0.2) is 47.8 Å². The van der Waals surface area contributed by atoms with Crippen LogP contribution < -0.4 is 50.8 Å². The molecule has 0 amide bonds. The van der Waals surface area contributed by atoms with Gasteiger partial charge in [0.05, 0.1) is 49.8 Å². The second-order valence-electron chi connectivity index (χ2n) is 19.8. The predicted molar refractivity (Wildman–Crippen MR) is 330 cm³/mol. The van der Waals surface area contributed by atoms with Crippen molar-refractivity contribution >= 4 is 93.9 Å². The first-order chi connectivity index (χ1) is 42.6. The third-order valence-electron chi connectivity index (χ3n) is 14.4. The summed E-state index contributed by atoms with van der Waals surface area (Å²) >= 11 is 0. The van der Waals surface area contributed by atoms with Gasteiger partial charge in [-0.1, -0.05) is 106 Å². The molecule has 10 aromatic carbocycles. The molecule has 0 unspecified atom stereocenters. The maximum absolute atomic E-state index is 15.4. The van der Waals surface area contributed by atoms with Crippen LogP contribution in [0.3, 0.4) is 0 Å². The predicted octanol–water partition coefficient (Wildman–Crippen LogP) is 12.3. The second-order valence-corrected chi connectivity index (χ2v) is 25.3. The highest BCUT2D eigenvalue weighted by atomic mass is 31.2. The first-order valence-corrected chi connectivity index (χ1v) is 30.1. The summed E-state index contributed by atoms with van der Waals surface area (Å²) in [5, 5.41) is 3.13. The molecule has 0 fully saturated rings. The van der Waals surface area contributed by atoms with Crippen molar-refractivity contribution in [1.29, 1.82) is 0 Å². The molecule has 0 N–H and O–H groups in total. The van der Waals surface area contributed by atoms with Crippen molar-refractivity contribution in [2.75, 3.05) is 0 Å². The first kappa shape index (κ1) is 60.1. The first-order valence-electron chi connectivity index (χ1n) is 26.7. The van der Waals surface area contributed by atoms with Crippen LogP contribution >= 0.6 is 14.3 Å². The van der Waals surface area contributed by atoms with Crippen LogP contribution in [0.15, 0.2) is 231 Å². The maximum Gasteiger partial charge on any atom is 0.347 e. The molecule has 20 heteroatoms. The number of fused-ring (bicyclic) bond motifs is 4. The molecule has 14 rings (SSSR count). The van der Waals surface area contributed by atoms with E-state index >= 15 is 4.57 Å². The lowest BCUT2D eigenvalue weighted by atomic mass is 10.1. The van der Waals surface area contributed by atoms with Crippen LogP contribution in [0.2, 0.25) is 0 Å². The van der Waals surface area contributed by atoms with Crippen LogP contribution in [0.1, 0.15) is 97.7 Å². The zero-order chi connectivity index (χ0) is 60.8. The van der Waals surface area contributed by atoms with Crippen molar-refractivity contribution in [3.63, 3.8) is 0 Å². The normalized spacial score (nSPS) is 13.3. The summed E-state index contributed by atoms with van der Waals surface area (Å²) in [6, 6.07) is 63.1. The van der Waals surface area contributed by atoms with E-state index in [0.29, 0.717) is 54.8 Å². The van der Waals surface area contributed by atoms with Crippen LogP contribution in [0, 0.1) is 0 Å². The molecule has 444 valence electrons. The Labute approximate surface area is 512 Å². The Morgan fingerprint density at radius 3 is 0.811 bits per heavy atom. The van der Waals surface area contributed by atoms with E-state index < -0.39 is 62.0 Å². The van der Waals surface area contributed by atoms with Gasteiger partial charge >= 0.3 is 47.8 Å². The highest BCUT2D eigenvalue weighted by Gasteiger charge is 2.37. The fourth-order valence-electron chi connectivity index (χ4n) is 10.2. The van der Waals surface area contributed by atoms with Gasteiger partial charge in [-0.05, 0) is 140 Å². The van der Waals surface area contributed by atoms with E-state index in [9.17, 15) is 42.9 Å². The number of cyclic esters (lactones) is 8. The van der Waals surface area contributed by atoms with Crippen LogP contribution in [0.4, 0.5) is 0 Å². The summed E-state index contributed by atoms with van der Waals surface area (Å²) in [6.45, 7) is 0. The summed E-state index contributed by atoms with van der Waals surface area (Å²) in [4.78, 5) is 95.4. The third kappa shape index (κ3) is 11.2. The van der Waals surface area contributed by atoms with E-state index in [-0.39, 0.29) is 82.4 Å². The molecular weight excluding hydrogens is 1190 g/mol. The molecule has 4 aliphatic rings. The summed E-state index contributed by atoms with van der Waals surface area (Å²) in [6.07, 6.45) is 0. The molecule has 4 aliphatic heterocycles. The molecule has 10 aromatic rings. The van der Waals surface area contributed by atoms with Crippen molar-refractivity contribution < 1.29 is 85.4 Å². The van der Waals surface area contributed by atoms with Gasteiger partial charge in [0.25, 0.3) is 0 Å². The Balaban J connectivity index is 0.000000181. The van der Waals surface area contributed by atoms with Gasteiger partial charge in [0.15, 0.2) is 14.3 Å². The minimum Gasteiger partial charge on any atom is -0.457 e. The van der Waals surface area contributed by atoms with Gasteiger partial charge in [-0.3, -0.25) is 0 Å². The van der Waals surface area contributed by atoms with Gasteiger partial charge in [0.2, 0.25) is 0 Å². The van der Waals surface area contributed by atoms with Gasteiger partial charge in [-0.25, -0.2) is 38.4 Å². The Morgan fingerprint density at radius 2 is 0.478 bits per heavy atom. The Bertz CT molecular complexity index is 4550. The molecule has 4 heterocycles. The van der Waals surface area contributed by atoms with Crippen molar-refractivity contribution in [1.82, 2.24) is 0 Å². The molecule has 90 heavy (non-hydrogen) atoms. The molecule has 0 spiro atoms. The standard InChI is InChI=1S/2C34H19O9P.2CH4/c35-31-25-14-11-20(17-27(25)33(37)42-31)40-22-13-16-29(41-21-12-15-26-28(18-21)34(38)43-32(26)36)30(19-22)44(39,23-7-3-1-4-8-23)24-9-5-2-6-10-24;35-31-27-16-10-22(18-29(27)33(37)42-31)40-20-6-12-25(13-7-20)44(39,24-4-2-1-3-5-24)26-14-8-21(9-15-26)41-23-11-17-28-30(19-23)34(38)43-32(28)36;;/h2*1-19H;2*1H4. The number of hydrogen-bond donors (Lipinski definition) is 0. The molecule has 0 aliphatic carbocycles. The van der Waals surface area contributed by atoms with Crippen LogP contribution in [-0.2, 0) is 28.1 Å². The summed E-state index contributed by atoms with van der Waals surface area (Å²) in [5.74, 6) is -3.29.